The Morgan fingerprint density at radius 1 is 1.00 bits per heavy atom. The number of nitrogens with one attached hydrogen (secondary N) is 1. The third-order valence-electron chi connectivity index (χ3n) is 5.14. The number of alkyl halides is 3. The predicted octanol–water partition coefficient (Wildman–Crippen LogP) is 4.01. The fourth-order valence-corrected chi connectivity index (χ4v) is 3.75. The summed E-state index contributed by atoms with van der Waals surface area (Å²) < 4.78 is 51.2. The Balaban J connectivity index is 1.47. The summed E-state index contributed by atoms with van der Waals surface area (Å²) in [7, 11) is 2.99. The van der Waals surface area contributed by atoms with Crippen LogP contribution in [0.4, 0.5) is 18.9 Å². The van der Waals surface area contributed by atoms with Gasteiger partial charge in [-0.05, 0) is 23.8 Å². The van der Waals surface area contributed by atoms with Crippen LogP contribution in [-0.4, -0.2) is 69.0 Å². The van der Waals surface area contributed by atoms with Crippen LogP contribution in [0.15, 0.2) is 36.4 Å². The molecule has 3 rings (SSSR count). The highest BCUT2D eigenvalue weighted by molar-refractivity contribution is 6.32. The van der Waals surface area contributed by atoms with Gasteiger partial charge < -0.3 is 19.5 Å². The normalized spacial score (nSPS) is 15.2. The van der Waals surface area contributed by atoms with Crippen LogP contribution in [0.5, 0.6) is 17.2 Å². The zero-order valence-electron chi connectivity index (χ0n) is 18.2. The number of carbonyl (C=O) groups is 1. The van der Waals surface area contributed by atoms with Gasteiger partial charge in [0.05, 0.1) is 31.5 Å². The van der Waals surface area contributed by atoms with Gasteiger partial charge in [0, 0.05) is 38.8 Å². The highest BCUT2D eigenvalue weighted by Gasteiger charge is 2.31. The van der Waals surface area contributed by atoms with E-state index in [4.69, 9.17) is 21.1 Å². The van der Waals surface area contributed by atoms with Gasteiger partial charge in [0.25, 0.3) is 0 Å². The second-order valence-corrected chi connectivity index (χ2v) is 7.89. The van der Waals surface area contributed by atoms with E-state index in [9.17, 15) is 18.0 Å². The molecule has 33 heavy (non-hydrogen) atoms. The van der Waals surface area contributed by atoms with Crippen LogP contribution >= 0.6 is 11.6 Å². The van der Waals surface area contributed by atoms with Gasteiger partial charge in [-0.2, -0.15) is 0 Å². The van der Waals surface area contributed by atoms with Crippen LogP contribution in [0, 0.1) is 0 Å². The minimum absolute atomic E-state index is 0.191. The topological polar surface area (TPSA) is 63.3 Å². The number of hydrogen-bond donors (Lipinski definition) is 1. The van der Waals surface area contributed by atoms with E-state index in [2.05, 4.69) is 15.0 Å². The van der Waals surface area contributed by atoms with Gasteiger partial charge in [0.1, 0.15) is 17.2 Å². The van der Waals surface area contributed by atoms with Crippen molar-refractivity contribution in [3.8, 4) is 17.2 Å². The lowest BCUT2D eigenvalue weighted by Gasteiger charge is -2.34. The maximum absolute atomic E-state index is 12.5. The highest BCUT2D eigenvalue weighted by Crippen LogP contribution is 2.35. The first-order chi connectivity index (χ1) is 15.7. The van der Waals surface area contributed by atoms with Crippen molar-refractivity contribution in [1.82, 2.24) is 9.80 Å². The lowest BCUT2D eigenvalue weighted by molar-refractivity contribution is -0.274. The molecule has 0 spiro atoms. The van der Waals surface area contributed by atoms with Crippen molar-refractivity contribution in [3.63, 3.8) is 0 Å². The second-order valence-electron chi connectivity index (χ2n) is 7.48. The molecule has 1 saturated heterocycles. The molecule has 2 aromatic rings. The Morgan fingerprint density at radius 3 is 2.18 bits per heavy atom. The Hall–Kier alpha value is -2.69. The summed E-state index contributed by atoms with van der Waals surface area (Å²) in [6.07, 6.45) is -4.70. The van der Waals surface area contributed by atoms with Gasteiger partial charge in [-0.25, -0.2) is 0 Å². The van der Waals surface area contributed by atoms with E-state index < -0.39 is 6.36 Å². The summed E-state index contributed by atoms with van der Waals surface area (Å²) in [6.45, 7) is 3.64. The fourth-order valence-electron chi connectivity index (χ4n) is 3.51. The molecule has 0 bridgehead atoms. The average Bonchev–Trinajstić information content (AvgIpc) is 2.75. The quantitative estimate of drug-likeness (QED) is 0.607. The van der Waals surface area contributed by atoms with Crippen molar-refractivity contribution in [1.29, 1.82) is 0 Å². The monoisotopic (exact) mass is 487 g/mol. The average molecular weight is 488 g/mol. The minimum Gasteiger partial charge on any atom is -0.495 e. The third kappa shape index (κ3) is 7.41. The van der Waals surface area contributed by atoms with Crippen molar-refractivity contribution < 1.29 is 32.2 Å². The molecule has 0 radical (unpaired) electrons. The van der Waals surface area contributed by atoms with E-state index >= 15 is 0 Å². The number of amides is 1. The highest BCUT2D eigenvalue weighted by atomic mass is 35.5. The molecule has 2 aromatic carbocycles. The molecule has 1 aliphatic heterocycles. The van der Waals surface area contributed by atoms with E-state index in [0.29, 0.717) is 41.8 Å². The zero-order valence-corrected chi connectivity index (χ0v) is 19.0. The lowest BCUT2D eigenvalue weighted by atomic mass is 10.2. The molecule has 1 fully saturated rings. The molecular formula is C22H25ClF3N3O4. The molecule has 1 amide bonds. The number of methoxy groups -OCH3 is 2. The molecule has 1 heterocycles. The molecular weight excluding hydrogens is 463 g/mol. The first-order valence-electron chi connectivity index (χ1n) is 10.2. The maximum atomic E-state index is 12.5. The lowest BCUT2D eigenvalue weighted by Crippen LogP contribution is -2.48. The molecule has 0 unspecified atom stereocenters. The smallest absolute Gasteiger partial charge is 0.495 e. The number of ether oxygens (including phenoxy) is 3. The second kappa shape index (κ2) is 11.0. The van der Waals surface area contributed by atoms with Crippen molar-refractivity contribution in [2.75, 3.05) is 52.3 Å². The van der Waals surface area contributed by atoms with Gasteiger partial charge in [0.2, 0.25) is 5.91 Å². The van der Waals surface area contributed by atoms with Gasteiger partial charge in [-0.1, -0.05) is 23.7 Å². The third-order valence-corrected chi connectivity index (χ3v) is 5.44. The number of benzene rings is 2. The number of piperazine rings is 1. The first kappa shape index (κ1) is 24.9. The molecule has 7 nitrogen and oxygen atoms in total. The molecule has 11 heteroatoms. The van der Waals surface area contributed by atoms with E-state index in [1.807, 2.05) is 4.90 Å². The van der Waals surface area contributed by atoms with Crippen LogP contribution in [0.1, 0.15) is 5.56 Å². The van der Waals surface area contributed by atoms with Crippen LogP contribution in [-0.2, 0) is 11.3 Å². The van der Waals surface area contributed by atoms with E-state index in [-0.39, 0.29) is 18.2 Å². The number of rotatable bonds is 8. The number of hydrogen-bond acceptors (Lipinski definition) is 6. The van der Waals surface area contributed by atoms with Gasteiger partial charge in [-0.3, -0.25) is 14.6 Å². The van der Waals surface area contributed by atoms with Crippen LogP contribution in [0.3, 0.4) is 0 Å². The van der Waals surface area contributed by atoms with Crippen molar-refractivity contribution in [3.05, 3.63) is 47.0 Å². The fraction of sp³-hybridized carbons (Fsp3) is 0.409. The Bertz CT molecular complexity index is 949. The van der Waals surface area contributed by atoms with Gasteiger partial charge in [-0.15, -0.1) is 13.2 Å². The zero-order chi connectivity index (χ0) is 24.0. The first-order valence-corrected chi connectivity index (χ1v) is 10.6. The number of anilines is 1. The van der Waals surface area contributed by atoms with Crippen molar-refractivity contribution >= 4 is 23.2 Å². The van der Waals surface area contributed by atoms with Crippen molar-refractivity contribution in [2.24, 2.45) is 0 Å². The molecule has 0 saturated carbocycles. The molecule has 180 valence electrons. The number of nitrogens with zero attached hydrogens (tertiary/aromatic N) is 2. The number of carbonyl (C=O) groups excluding carboxylic acids is 1. The SMILES string of the molecule is COc1cc(OC)c(NC(=O)CN2CCN(Cc3ccc(OC(F)(F)F)cc3)CC2)cc1Cl. The summed E-state index contributed by atoms with van der Waals surface area (Å²) in [5, 5.41) is 3.18. The maximum Gasteiger partial charge on any atom is 0.573 e. The Labute approximate surface area is 195 Å². The van der Waals surface area contributed by atoms with Crippen LogP contribution < -0.4 is 19.5 Å². The standard InChI is InChI=1S/C22H25ClF3N3O4/c1-31-19-12-20(32-2)18(11-17(19)23)27-21(30)14-29-9-7-28(8-10-29)13-15-3-5-16(6-4-15)33-22(24,25)26/h3-6,11-12H,7-10,13-14H2,1-2H3,(H,27,30). The molecule has 0 aromatic heterocycles. The molecule has 0 aliphatic carbocycles. The summed E-state index contributed by atoms with van der Waals surface area (Å²) in [4.78, 5) is 16.7. The molecule has 1 N–H and O–H groups in total. The van der Waals surface area contributed by atoms with Crippen LogP contribution in [0.25, 0.3) is 0 Å². The predicted molar refractivity (Wildman–Crippen MR) is 118 cm³/mol. The van der Waals surface area contributed by atoms with Gasteiger partial charge >= 0.3 is 6.36 Å². The van der Waals surface area contributed by atoms with E-state index in [0.717, 1.165) is 18.7 Å². The van der Waals surface area contributed by atoms with E-state index in [1.165, 1.54) is 26.4 Å². The Morgan fingerprint density at radius 2 is 1.61 bits per heavy atom. The summed E-state index contributed by atoms with van der Waals surface area (Å²) >= 11 is 6.15. The van der Waals surface area contributed by atoms with Gasteiger partial charge in [0.15, 0.2) is 0 Å². The van der Waals surface area contributed by atoms with Crippen LogP contribution in [0.2, 0.25) is 5.02 Å². The minimum atomic E-state index is -4.70. The molecule has 0 atom stereocenters. The largest absolute Gasteiger partial charge is 0.573 e. The number of halogens is 4. The summed E-state index contributed by atoms with van der Waals surface area (Å²) in [5.41, 5.74) is 1.35. The van der Waals surface area contributed by atoms with Crippen molar-refractivity contribution in [2.45, 2.75) is 12.9 Å². The summed E-state index contributed by atoms with van der Waals surface area (Å²) in [5.74, 6) is 0.464. The molecule has 1 aliphatic rings. The Kier molecular flexibility index (Phi) is 8.28. The summed E-state index contributed by atoms with van der Waals surface area (Å²) in [6, 6.07) is 9.05. The van der Waals surface area contributed by atoms with E-state index in [1.54, 1.807) is 24.3 Å².